The summed E-state index contributed by atoms with van der Waals surface area (Å²) in [5.41, 5.74) is 1.09. The number of aromatic nitrogens is 1. The number of rotatable bonds is 8. The molecule has 0 saturated carbocycles. The van der Waals surface area contributed by atoms with Gasteiger partial charge in [-0.1, -0.05) is 23.5 Å². The Balaban J connectivity index is 1.76. The van der Waals surface area contributed by atoms with Gasteiger partial charge in [0.1, 0.15) is 21.7 Å². The number of benzene rings is 2. The number of hydrogen-bond donors (Lipinski definition) is 0. The Morgan fingerprint density at radius 2 is 1.71 bits per heavy atom. The summed E-state index contributed by atoms with van der Waals surface area (Å²) in [5, 5.41) is 0.496. The number of hydrogen-bond acceptors (Lipinski definition) is 9. The summed E-state index contributed by atoms with van der Waals surface area (Å²) in [5.74, 6) is 0.347. The van der Waals surface area contributed by atoms with Crippen molar-refractivity contribution in [3.8, 4) is 11.5 Å². The SMILES string of the molecule is COC(=O)c1ccccc1C(=O)N(CCN1CCOCC1)c1nc2c(OC)ccc(OC)c2s1. The number of thiazole rings is 1. The van der Waals surface area contributed by atoms with Crippen LogP contribution in [0.1, 0.15) is 20.7 Å². The fraction of sp³-hybridized carbons (Fsp3) is 0.375. The Hall–Kier alpha value is -3.21. The zero-order valence-corrected chi connectivity index (χ0v) is 20.2. The summed E-state index contributed by atoms with van der Waals surface area (Å²) in [7, 11) is 4.47. The van der Waals surface area contributed by atoms with Gasteiger partial charge in [-0.25, -0.2) is 9.78 Å². The number of fused-ring (bicyclic) bond motifs is 1. The second-order valence-electron chi connectivity index (χ2n) is 7.59. The van der Waals surface area contributed by atoms with Gasteiger partial charge in [-0.05, 0) is 24.3 Å². The molecule has 2 aromatic carbocycles. The van der Waals surface area contributed by atoms with E-state index < -0.39 is 5.97 Å². The molecule has 3 aromatic rings. The highest BCUT2D eigenvalue weighted by Gasteiger charge is 2.27. The number of morpholine rings is 1. The molecule has 4 rings (SSSR count). The van der Waals surface area contributed by atoms with Gasteiger partial charge >= 0.3 is 5.97 Å². The minimum atomic E-state index is -0.565. The second kappa shape index (κ2) is 10.8. The number of carbonyl (C=O) groups excluding carboxylic acids is 2. The lowest BCUT2D eigenvalue weighted by atomic mass is 10.1. The molecule has 1 aromatic heterocycles. The number of nitrogens with zero attached hydrogens (tertiary/aromatic N) is 3. The van der Waals surface area contributed by atoms with E-state index in [1.165, 1.54) is 18.4 Å². The largest absolute Gasteiger partial charge is 0.495 e. The summed E-state index contributed by atoms with van der Waals surface area (Å²) in [6.45, 7) is 3.94. The number of methoxy groups -OCH3 is 3. The summed E-state index contributed by atoms with van der Waals surface area (Å²) >= 11 is 1.35. The number of amides is 1. The average molecular weight is 486 g/mol. The smallest absolute Gasteiger partial charge is 0.338 e. The van der Waals surface area contributed by atoms with Crippen LogP contribution in [0, 0.1) is 0 Å². The van der Waals surface area contributed by atoms with Crippen LogP contribution < -0.4 is 14.4 Å². The highest BCUT2D eigenvalue weighted by Crippen LogP contribution is 2.40. The molecular weight excluding hydrogens is 458 g/mol. The van der Waals surface area contributed by atoms with Gasteiger partial charge in [0.05, 0.1) is 45.7 Å². The molecule has 0 aliphatic carbocycles. The van der Waals surface area contributed by atoms with E-state index in [1.54, 1.807) is 49.5 Å². The van der Waals surface area contributed by atoms with E-state index in [2.05, 4.69) is 4.90 Å². The molecule has 1 fully saturated rings. The van der Waals surface area contributed by atoms with Gasteiger partial charge in [0.25, 0.3) is 5.91 Å². The van der Waals surface area contributed by atoms with Crippen LogP contribution in [0.5, 0.6) is 11.5 Å². The van der Waals surface area contributed by atoms with Gasteiger partial charge in [-0.2, -0.15) is 0 Å². The molecule has 180 valence electrons. The molecule has 0 radical (unpaired) electrons. The molecule has 1 aliphatic rings. The van der Waals surface area contributed by atoms with E-state index in [9.17, 15) is 9.59 Å². The molecule has 0 bridgehead atoms. The van der Waals surface area contributed by atoms with Gasteiger partial charge < -0.3 is 18.9 Å². The molecular formula is C24H27N3O6S. The highest BCUT2D eigenvalue weighted by molar-refractivity contribution is 7.22. The van der Waals surface area contributed by atoms with Gasteiger partial charge in [-0.3, -0.25) is 14.6 Å². The Morgan fingerprint density at radius 3 is 2.38 bits per heavy atom. The lowest BCUT2D eigenvalue weighted by Crippen LogP contribution is -2.43. The van der Waals surface area contributed by atoms with E-state index in [1.807, 2.05) is 6.07 Å². The summed E-state index contributed by atoms with van der Waals surface area (Å²) < 4.78 is 22.1. The minimum absolute atomic E-state index is 0.211. The third kappa shape index (κ3) is 4.84. The van der Waals surface area contributed by atoms with Crippen LogP contribution in [0.15, 0.2) is 36.4 Å². The first-order valence-electron chi connectivity index (χ1n) is 10.9. The van der Waals surface area contributed by atoms with Crippen LogP contribution in [0.4, 0.5) is 5.13 Å². The first kappa shape index (κ1) is 23.9. The minimum Gasteiger partial charge on any atom is -0.495 e. The Morgan fingerprint density at radius 1 is 1.03 bits per heavy atom. The Labute approximate surface area is 201 Å². The number of anilines is 1. The molecule has 0 unspecified atom stereocenters. The summed E-state index contributed by atoms with van der Waals surface area (Å²) in [6, 6.07) is 10.2. The quantitative estimate of drug-likeness (QED) is 0.450. The molecule has 0 spiro atoms. The number of carbonyl (C=O) groups is 2. The van der Waals surface area contributed by atoms with Crippen molar-refractivity contribution in [2.24, 2.45) is 0 Å². The van der Waals surface area contributed by atoms with E-state index in [-0.39, 0.29) is 17.0 Å². The van der Waals surface area contributed by atoms with Crippen molar-refractivity contribution >= 4 is 38.6 Å². The zero-order valence-electron chi connectivity index (χ0n) is 19.4. The predicted molar refractivity (Wildman–Crippen MR) is 129 cm³/mol. The van der Waals surface area contributed by atoms with Gasteiger partial charge in [0, 0.05) is 26.2 Å². The van der Waals surface area contributed by atoms with Crippen LogP contribution in [-0.4, -0.2) is 82.5 Å². The Kier molecular flexibility index (Phi) is 7.61. The molecule has 1 saturated heterocycles. The second-order valence-corrected chi connectivity index (χ2v) is 8.57. The Bertz CT molecular complexity index is 1130. The number of ether oxygens (including phenoxy) is 4. The third-order valence-corrected chi connectivity index (χ3v) is 6.77. The lowest BCUT2D eigenvalue weighted by Gasteiger charge is -2.29. The van der Waals surface area contributed by atoms with Gasteiger partial charge in [-0.15, -0.1) is 0 Å². The monoisotopic (exact) mass is 485 g/mol. The normalized spacial score (nSPS) is 14.1. The topological polar surface area (TPSA) is 90.4 Å². The summed E-state index contributed by atoms with van der Waals surface area (Å²) in [6.07, 6.45) is 0. The first-order chi connectivity index (χ1) is 16.6. The highest BCUT2D eigenvalue weighted by atomic mass is 32.1. The molecule has 9 nitrogen and oxygen atoms in total. The average Bonchev–Trinajstić information content (AvgIpc) is 3.33. The van der Waals surface area contributed by atoms with Crippen molar-refractivity contribution < 1.29 is 28.5 Å². The fourth-order valence-electron chi connectivity index (χ4n) is 3.84. The molecule has 0 atom stereocenters. The van der Waals surface area contributed by atoms with Crippen molar-refractivity contribution in [2.45, 2.75) is 0 Å². The molecule has 1 aliphatic heterocycles. The lowest BCUT2D eigenvalue weighted by molar-refractivity contribution is 0.0390. The maximum Gasteiger partial charge on any atom is 0.338 e. The first-order valence-corrected chi connectivity index (χ1v) is 11.7. The maximum absolute atomic E-state index is 13.8. The van der Waals surface area contributed by atoms with Crippen molar-refractivity contribution in [1.82, 2.24) is 9.88 Å². The fourth-order valence-corrected chi connectivity index (χ4v) is 4.94. The van der Waals surface area contributed by atoms with Crippen LogP contribution in [0.2, 0.25) is 0 Å². The molecule has 0 N–H and O–H groups in total. The van der Waals surface area contributed by atoms with Crippen molar-refractivity contribution in [1.29, 1.82) is 0 Å². The van der Waals surface area contributed by atoms with Gasteiger partial charge in [0.2, 0.25) is 0 Å². The predicted octanol–water partition coefficient (Wildman–Crippen LogP) is 3.08. The van der Waals surface area contributed by atoms with Crippen LogP contribution in [0.3, 0.4) is 0 Å². The van der Waals surface area contributed by atoms with Crippen molar-refractivity contribution in [3.63, 3.8) is 0 Å². The van der Waals surface area contributed by atoms with E-state index in [0.29, 0.717) is 48.5 Å². The third-order valence-electron chi connectivity index (χ3n) is 5.68. The van der Waals surface area contributed by atoms with Crippen LogP contribution >= 0.6 is 11.3 Å². The van der Waals surface area contributed by atoms with Gasteiger partial charge in [0.15, 0.2) is 5.13 Å². The maximum atomic E-state index is 13.8. The molecule has 1 amide bonds. The zero-order chi connectivity index (χ0) is 24.1. The van der Waals surface area contributed by atoms with E-state index >= 15 is 0 Å². The van der Waals surface area contributed by atoms with Crippen molar-refractivity contribution in [2.75, 3.05) is 65.6 Å². The number of esters is 1. The standard InChI is InChI=1S/C24H27N3O6S/c1-30-18-8-9-19(31-2)21-20(18)25-24(34-21)27(11-10-26-12-14-33-15-13-26)22(28)16-6-4-5-7-17(16)23(29)32-3/h4-9H,10-15H2,1-3H3. The van der Waals surface area contributed by atoms with E-state index in [4.69, 9.17) is 23.9 Å². The molecule has 2 heterocycles. The summed E-state index contributed by atoms with van der Waals surface area (Å²) in [4.78, 5) is 34.8. The van der Waals surface area contributed by atoms with Crippen LogP contribution in [0.25, 0.3) is 10.2 Å². The van der Waals surface area contributed by atoms with E-state index in [0.717, 1.165) is 17.8 Å². The van der Waals surface area contributed by atoms with Crippen LogP contribution in [-0.2, 0) is 9.47 Å². The molecule has 10 heteroatoms. The van der Waals surface area contributed by atoms with Crippen molar-refractivity contribution in [3.05, 3.63) is 47.5 Å². The molecule has 34 heavy (non-hydrogen) atoms.